The number of aromatic nitrogens is 1. The maximum absolute atomic E-state index is 13.5. The lowest BCUT2D eigenvalue weighted by molar-refractivity contribution is -0.101. The van der Waals surface area contributed by atoms with Crippen molar-refractivity contribution in [3.8, 4) is 0 Å². The number of hydrogen-bond donors (Lipinski definition) is 0. The fourth-order valence-corrected chi connectivity index (χ4v) is 3.85. The van der Waals surface area contributed by atoms with Gasteiger partial charge in [0.25, 0.3) is 5.91 Å². The van der Waals surface area contributed by atoms with Crippen LogP contribution < -0.4 is 0 Å². The first-order valence-corrected chi connectivity index (χ1v) is 9.00. The number of halogens is 1. The molecule has 2 atom stereocenters. The van der Waals surface area contributed by atoms with E-state index in [2.05, 4.69) is 9.88 Å². The lowest BCUT2D eigenvalue weighted by atomic mass is 9.97. The summed E-state index contributed by atoms with van der Waals surface area (Å²) in [6.45, 7) is 3.61. The third kappa shape index (κ3) is 3.61. The van der Waals surface area contributed by atoms with Crippen LogP contribution in [0.5, 0.6) is 0 Å². The quantitative estimate of drug-likeness (QED) is 0.848. The summed E-state index contributed by atoms with van der Waals surface area (Å²) in [4.78, 5) is 21.1. The average Bonchev–Trinajstić information content (AvgIpc) is 2.68. The van der Waals surface area contributed by atoms with Crippen LogP contribution in [-0.2, 0) is 11.3 Å². The first-order valence-electron chi connectivity index (χ1n) is 9.00. The topological polar surface area (TPSA) is 45.7 Å². The van der Waals surface area contributed by atoms with E-state index < -0.39 is 0 Å². The van der Waals surface area contributed by atoms with Crippen molar-refractivity contribution >= 4 is 5.91 Å². The van der Waals surface area contributed by atoms with Gasteiger partial charge in [-0.2, -0.15) is 0 Å². The number of rotatable bonds is 3. The predicted molar refractivity (Wildman–Crippen MR) is 95.1 cm³/mol. The third-order valence-corrected chi connectivity index (χ3v) is 5.19. The minimum Gasteiger partial charge on any atom is -0.375 e. The number of nitrogens with zero attached hydrogens (tertiary/aromatic N) is 3. The van der Waals surface area contributed by atoms with Gasteiger partial charge in [-0.25, -0.2) is 4.39 Å². The van der Waals surface area contributed by atoms with Crippen LogP contribution in [0.2, 0.25) is 0 Å². The van der Waals surface area contributed by atoms with Crippen molar-refractivity contribution in [3.63, 3.8) is 0 Å². The number of likely N-dealkylation sites (tertiary alicyclic amines) is 1. The van der Waals surface area contributed by atoms with Gasteiger partial charge in [-0.05, 0) is 42.3 Å². The lowest BCUT2D eigenvalue weighted by Gasteiger charge is -2.47. The van der Waals surface area contributed by atoms with Gasteiger partial charge >= 0.3 is 0 Å². The number of fused-ring (bicyclic) bond motifs is 1. The molecule has 1 amide bonds. The molecule has 0 N–H and O–H groups in total. The molecule has 0 aliphatic carbocycles. The Hall–Kier alpha value is -2.31. The first-order chi connectivity index (χ1) is 12.7. The van der Waals surface area contributed by atoms with E-state index >= 15 is 0 Å². The molecule has 3 heterocycles. The van der Waals surface area contributed by atoms with Crippen molar-refractivity contribution < 1.29 is 13.9 Å². The Bertz CT molecular complexity index is 771. The molecule has 1 aromatic heterocycles. The standard InChI is InChI=1S/C20H22FN3O2/c21-17-3-1-2-16(12-17)20(25)24-9-6-19-18(14-24)23(10-11-26-19)13-15-4-7-22-8-5-15/h1-5,7-8,12,18-19H,6,9-11,13-14H2/t18-,19-/m0/s1. The molecule has 0 spiro atoms. The van der Waals surface area contributed by atoms with Crippen LogP contribution in [0.1, 0.15) is 22.3 Å². The van der Waals surface area contributed by atoms with Gasteiger partial charge in [0.2, 0.25) is 0 Å². The van der Waals surface area contributed by atoms with Gasteiger partial charge < -0.3 is 9.64 Å². The summed E-state index contributed by atoms with van der Waals surface area (Å²) in [5.74, 6) is -0.497. The summed E-state index contributed by atoms with van der Waals surface area (Å²) in [7, 11) is 0. The molecule has 2 aliphatic rings. The largest absolute Gasteiger partial charge is 0.375 e. The van der Waals surface area contributed by atoms with Gasteiger partial charge in [-0.3, -0.25) is 14.7 Å². The molecule has 136 valence electrons. The number of piperidine rings is 1. The molecule has 0 bridgehead atoms. The third-order valence-electron chi connectivity index (χ3n) is 5.19. The normalized spacial score (nSPS) is 23.5. The van der Waals surface area contributed by atoms with Crippen LogP contribution in [0.15, 0.2) is 48.8 Å². The van der Waals surface area contributed by atoms with E-state index in [1.165, 1.54) is 17.7 Å². The molecule has 2 aromatic rings. The smallest absolute Gasteiger partial charge is 0.254 e. The van der Waals surface area contributed by atoms with Gasteiger partial charge in [0, 0.05) is 44.1 Å². The van der Waals surface area contributed by atoms with E-state index in [-0.39, 0.29) is 23.9 Å². The highest BCUT2D eigenvalue weighted by Crippen LogP contribution is 2.25. The molecule has 2 saturated heterocycles. The van der Waals surface area contributed by atoms with Gasteiger partial charge in [-0.1, -0.05) is 6.07 Å². The summed E-state index contributed by atoms with van der Waals surface area (Å²) in [6.07, 6.45) is 4.54. The second-order valence-electron chi connectivity index (χ2n) is 6.85. The van der Waals surface area contributed by atoms with Crippen LogP contribution in [-0.4, -0.2) is 59.1 Å². The Kier molecular flexibility index (Phi) is 4.95. The minimum atomic E-state index is -0.383. The van der Waals surface area contributed by atoms with Crippen LogP contribution >= 0.6 is 0 Å². The molecule has 5 nitrogen and oxygen atoms in total. The number of benzene rings is 1. The highest BCUT2D eigenvalue weighted by molar-refractivity contribution is 5.94. The molecule has 4 rings (SSSR count). The zero-order valence-corrected chi connectivity index (χ0v) is 14.6. The van der Waals surface area contributed by atoms with E-state index in [0.717, 1.165) is 19.5 Å². The fourth-order valence-electron chi connectivity index (χ4n) is 3.85. The SMILES string of the molecule is O=C(c1cccc(F)c1)N1CC[C@@H]2OCCN(Cc3ccncc3)[C@H]2C1. The second-order valence-corrected chi connectivity index (χ2v) is 6.85. The number of ether oxygens (including phenoxy) is 1. The maximum atomic E-state index is 13.5. The fraction of sp³-hybridized carbons (Fsp3) is 0.400. The predicted octanol–water partition coefficient (Wildman–Crippen LogP) is 2.34. The maximum Gasteiger partial charge on any atom is 0.254 e. The molecule has 26 heavy (non-hydrogen) atoms. The van der Waals surface area contributed by atoms with Crippen LogP contribution in [0, 0.1) is 5.82 Å². The van der Waals surface area contributed by atoms with Crippen LogP contribution in [0.4, 0.5) is 4.39 Å². The van der Waals surface area contributed by atoms with Crippen molar-refractivity contribution in [2.75, 3.05) is 26.2 Å². The second kappa shape index (κ2) is 7.51. The minimum absolute atomic E-state index is 0.114. The first kappa shape index (κ1) is 17.1. The molecule has 6 heteroatoms. The summed E-state index contributed by atoms with van der Waals surface area (Å²) < 4.78 is 19.4. The molecule has 0 unspecified atom stereocenters. The molecular formula is C20H22FN3O2. The van der Waals surface area contributed by atoms with E-state index in [4.69, 9.17) is 4.74 Å². The zero-order valence-electron chi connectivity index (χ0n) is 14.6. The molecule has 1 aromatic carbocycles. The van der Waals surface area contributed by atoms with Crippen molar-refractivity contribution in [1.82, 2.24) is 14.8 Å². The van der Waals surface area contributed by atoms with E-state index in [1.807, 2.05) is 17.0 Å². The number of pyridine rings is 1. The molecule has 0 saturated carbocycles. The highest BCUT2D eigenvalue weighted by atomic mass is 19.1. The average molecular weight is 355 g/mol. The van der Waals surface area contributed by atoms with Crippen LogP contribution in [0.3, 0.4) is 0 Å². The van der Waals surface area contributed by atoms with Gasteiger partial charge in [0.05, 0.1) is 18.8 Å². The number of carbonyl (C=O) groups excluding carboxylic acids is 1. The van der Waals surface area contributed by atoms with E-state index in [9.17, 15) is 9.18 Å². The van der Waals surface area contributed by atoms with Gasteiger partial charge in [-0.15, -0.1) is 0 Å². The van der Waals surface area contributed by atoms with Crippen molar-refractivity contribution in [1.29, 1.82) is 0 Å². The van der Waals surface area contributed by atoms with Gasteiger partial charge in [0.15, 0.2) is 0 Å². The molecule has 0 radical (unpaired) electrons. The monoisotopic (exact) mass is 355 g/mol. The Morgan fingerprint density at radius 1 is 1.23 bits per heavy atom. The van der Waals surface area contributed by atoms with E-state index in [0.29, 0.717) is 25.3 Å². The number of morpholine rings is 1. The Balaban J connectivity index is 1.49. The molecular weight excluding hydrogens is 333 g/mol. The zero-order chi connectivity index (χ0) is 17.9. The summed E-state index contributed by atoms with van der Waals surface area (Å²) in [6, 6.07) is 10.1. The summed E-state index contributed by atoms with van der Waals surface area (Å²) in [5.41, 5.74) is 1.61. The van der Waals surface area contributed by atoms with Crippen molar-refractivity contribution in [2.24, 2.45) is 0 Å². The van der Waals surface area contributed by atoms with Crippen molar-refractivity contribution in [2.45, 2.75) is 25.1 Å². The lowest BCUT2D eigenvalue weighted by Crippen LogP contribution is -2.60. The summed E-state index contributed by atoms with van der Waals surface area (Å²) in [5, 5.41) is 0. The Labute approximate surface area is 152 Å². The Morgan fingerprint density at radius 3 is 2.88 bits per heavy atom. The summed E-state index contributed by atoms with van der Waals surface area (Å²) >= 11 is 0. The molecule has 2 aliphatic heterocycles. The molecule has 2 fully saturated rings. The number of hydrogen-bond acceptors (Lipinski definition) is 4. The van der Waals surface area contributed by atoms with E-state index in [1.54, 1.807) is 24.5 Å². The van der Waals surface area contributed by atoms with Gasteiger partial charge in [0.1, 0.15) is 5.82 Å². The number of carbonyl (C=O) groups is 1. The Morgan fingerprint density at radius 2 is 2.08 bits per heavy atom. The highest BCUT2D eigenvalue weighted by Gasteiger charge is 2.38. The number of amides is 1. The van der Waals surface area contributed by atoms with Crippen LogP contribution in [0.25, 0.3) is 0 Å². The van der Waals surface area contributed by atoms with Crippen molar-refractivity contribution in [3.05, 3.63) is 65.7 Å².